The Balaban J connectivity index is 1.57. The highest BCUT2D eigenvalue weighted by atomic mass is 32.2. The minimum atomic E-state index is -3.81. The number of aromatic amines is 1. The summed E-state index contributed by atoms with van der Waals surface area (Å²) >= 11 is 0. The maximum absolute atomic E-state index is 12.9. The van der Waals surface area contributed by atoms with Crippen LogP contribution in [0.25, 0.3) is 11.0 Å². The quantitative estimate of drug-likeness (QED) is 0.509. The minimum Gasteiger partial charge on any atom is -0.355 e. The Morgan fingerprint density at radius 3 is 2.93 bits per heavy atom. The van der Waals surface area contributed by atoms with Crippen molar-refractivity contribution in [3.8, 4) is 0 Å². The summed E-state index contributed by atoms with van der Waals surface area (Å²) in [7, 11) is -1.93. The van der Waals surface area contributed by atoms with Crippen molar-refractivity contribution in [2.75, 3.05) is 25.0 Å². The van der Waals surface area contributed by atoms with E-state index in [4.69, 9.17) is 0 Å². The molecule has 1 aromatic carbocycles. The predicted octanol–water partition coefficient (Wildman–Crippen LogP) is 1.77. The molecule has 0 saturated carbocycles. The van der Waals surface area contributed by atoms with E-state index in [-0.39, 0.29) is 23.2 Å². The van der Waals surface area contributed by atoms with Gasteiger partial charge < -0.3 is 9.88 Å². The van der Waals surface area contributed by atoms with Crippen LogP contribution in [0.3, 0.4) is 0 Å². The number of nitrogens with one attached hydrogen (secondary N) is 1. The lowest BCUT2D eigenvalue weighted by molar-refractivity contribution is -0.385. The Kier molecular flexibility index (Phi) is 4.47. The molecule has 0 spiro atoms. The summed E-state index contributed by atoms with van der Waals surface area (Å²) in [5.41, 5.74) is 0.473. The van der Waals surface area contributed by atoms with Crippen molar-refractivity contribution in [3.05, 3.63) is 53.0 Å². The summed E-state index contributed by atoms with van der Waals surface area (Å²) in [6.07, 6.45) is 3.88. The number of nitro groups is 1. The highest BCUT2D eigenvalue weighted by Gasteiger charge is 2.35. The molecule has 1 atom stereocenters. The molecule has 146 valence electrons. The molecule has 3 heterocycles. The first-order valence-corrected chi connectivity index (χ1v) is 10.1. The number of H-pyrrole nitrogens is 1. The standard InChI is InChI=1S/C17H18N6O4S/c1-21(17-15-5-7-18-16(15)19-11-20-17)13-6-8-22(10-13)28(26,27)14-4-2-3-12(9-14)23(24)25/h2-5,7,9,11,13H,6,8,10H2,1H3,(H,18,19,20). The predicted molar refractivity (Wildman–Crippen MR) is 103 cm³/mol. The van der Waals surface area contributed by atoms with Crippen LogP contribution in [0.5, 0.6) is 0 Å². The molecule has 11 heteroatoms. The van der Waals surface area contributed by atoms with Crippen LogP contribution in [0.4, 0.5) is 11.5 Å². The van der Waals surface area contributed by atoms with Crippen molar-refractivity contribution in [1.29, 1.82) is 0 Å². The van der Waals surface area contributed by atoms with Gasteiger partial charge in [-0.05, 0) is 18.6 Å². The van der Waals surface area contributed by atoms with Gasteiger partial charge in [-0.1, -0.05) is 6.07 Å². The van der Waals surface area contributed by atoms with Crippen molar-refractivity contribution in [1.82, 2.24) is 19.3 Å². The molecule has 1 aliphatic heterocycles. The number of fused-ring (bicyclic) bond motifs is 1. The summed E-state index contributed by atoms with van der Waals surface area (Å²) in [4.78, 5) is 23.8. The molecular formula is C17H18N6O4S. The number of benzene rings is 1. The van der Waals surface area contributed by atoms with E-state index in [1.807, 2.05) is 18.0 Å². The highest BCUT2D eigenvalue weighted by molar-refractivity contribution is 7.89. The number of aromatic nitrogens is 3. The largest absolute Gasteiger partial charge is 0.355 e. The third kappa shape index (κ3) is 3.08. The first kappa shape index (κ1) is 18.3. The molecule has 2 aromatic heterocycles. The van der Waals surface area contributed by atoms with E-state index in [2.05, 4.69) is 15.0 Å². The molecule has 0 amide bonds. The zero-order valence-electron chi connectivity index (χ0n) is 15.0. The first-order chi connectivity index (χ1) is 13.4. The number of non-ortho nitro benzene ring substituents is 1. The van der Waals surface area contributed by atoms with Crippen LogP contribution < -0.4 is 4.90 Å². The summed E-state index contributed by atoms with van der Waals surface area (Å²) in [6, 6.07) is 6.95. The lowest BCUT2D eigenvalue weighted by Gasteiger charge is -2.26. The van der Waals surface area contributed by atoms with Crippen LogP contribution in [0.2, 0.25) is 0 Å². The van der Waals surface area contributed by atoms with Gasteiger partial charge in [-0.3, -0.25) is 10.1 Å². The zero-order chi connectivity index (χ0) is 19.9. The number of anilines is 1. The third-order valence-electron chi connectivity index (χ3n) is 5.01. The Bertz CT molecular complexity index is 1150. The molecule has 1 N–H and O–H groups in total. The number of hydrogen-bond acceptors (Lipinski definition) is 7. The number of rotatable bonds is 5. The molecule has 10 nitrogen and oxygen atoms in total. The summed E-state index contributed by atoms with van der Waals surface area (Å²) in [5.74, 6) is 0.728. The summed E-state index contributed by atoms with van der Waals surface area (Å²) in [6.45, 7) is 0.610. The molecule has 1 aliphatic rings. The Hall–Kier alpha value is -3.05. The molecule has 4 rings (SSSR count). The fourth-order valence-corrected chi connectivity index (χ4v) is 5.00. The van der Waals surface area contributed by atoms with Crippen molar-refractivity contribution in [3.63, 3.8) is 0 Å². The highest BCUT2D eigenvalue weighted by Crippen LogP contribution is 2.29. The van der Waals surface area contributed by atoms with Crippen LogP contribution in [0, 0.1) is 10.1 Å². The second kappa shape index (κ2) is 6.84. The fourth-order valence-electron chi connectivity index (χ4n) is 3.46. The van der Waals surface area contributed by atoms with Gasteiger partial charge >= 0.3 is 0 Å². The smallest absolute Gasteiger partial charge is 0.270 e. The van der Waals surface area contributed by atoms with Crippen LogP contribution in [-0.4, -0.2) is 58.8 Å². The van der Waals surface area contributed by atoms with Gasteiger partial charge in [0.15, 0.2) is 0 Å². The Morgan fingerprint density at radius 1 is 1.32 bits per heavy atom. The maximum atomic E-state index is 12.9. The molecule has 1 fully saturated rings. The van der Waals surface area contributed by atoms with E-state index < -0.39 is 14.9 Å². The minimum absolute atomic E-state index is 0.0681. The lowest BCUT2D eigenvalue weighted by Crippen LogP contribution is -2.37. The maximum Gasteiger partial charge on any atom is 0.270 e. The topological polar surface area (TPSA) is 125 Å². The molecule has 0 bridgehead atoms. The van der Waals surface area contributed by atoms with Crippen LogP contribution in [-0.2, 0) is 10.0 Å². The van der Waals surface area contributed by atoms with Gasteiger partial charge in [0.2, 0.25) is 10.0 Å². The van der Waals surface area contributed by atoms with Crippen LogP contribution in [0.15, 0.2) is 47.8 Å². The van der Waals surface area contributed by atoms with Gasteiger partial charge in [-0.25, -0.2) is 18.4 Å². The van der Waals surface area contributed by atoms with Gasteiger partial charge in [0.05, 0.1) is 15.2 Å². The van der Waals surface area contributed by atoms with E-state index in [1.54, 1.807) is 6.20 Å². The van der Waals surface area contributed by atoms with E-state index in [0.717, 1.165) is 22.9 Å². The van der Waals surface area contributed by atoms with Crippen molar-refractivity contribution >= 4 is 32.6 Å². The molecule has 1 saturated heterocycles. The molecule has 1 unspecified atom stereocenters. The number of nitro benzene ring substituents is 1. The van der Waals surface area contributed by atoms with Gasteiger partial charge in [0, 0.05) is 44.5 Å². The summed E-state index contributed by atoms with van der Waals surface area (Å²) < 4.78 is 27.2. The van der Waals surface area contributed by atoms with E-state index in [0.29, 0.717) is 13.0 Å². The average Bonchev–Trinajstić information content (AvgIpc) is 3.37. The first-order valence-electron chi connectivity index (χ1n) is 8.63. The molecule has 0 radical (unpaired) electrons. The van der Waals surface area contributed by atoms with Gasteiger partial charge in [-0.2, -0.15) is 4.31 Å². The van der Waals surface area contributed by atoms with Crippen molar-refractivity contribution in [2.24, 2.45) is 0 Å². The number of nitrogens with zero attached hydrogens (tertiary/aromatic N) is 5. The van der Waals surface area contributed by atoms with E-state index in [1.165, 1.54) is 28.8 Å². The second-order valence-corrected chi connectivity index (χ2v) is 8.55. The lowest BCUT2D eigenvalue weighted by atomic mass is 10.2. The normalized spacial score (nSPS) is 17.8. The van der Waals surface area contributed by atoms with Crippen molar-refractivity contribution in [2.45, 2.75) is 17.4 Å². The third-order valence-corrected chi connectivity index (χ3v) is 6.87. The number of hydrogen-bond donors (Lipinski definition) is 1. The zero-order valence-corrected chi connectivity index (χ0v) is 15.8. The average molecular weight is 402 g/mol. The van der Waals surface area contributed by atoms with Crippen molar-refractivity contribution < 1.29 is 13.3 Å². The number of likely N-dealkylation sites (N-methyl/N-ethyl adjacent to an activating group) is 1. The SMILES string of the molecule is CN(c1ncnc2[nH]ccc12)C1CCN(S(=O)(=O)c2cccc([N+](=O)[O-])c2)C1. The Labute approximate surface area is 161 Å². The van der Waals surface area contributed by atoms with Gasteiger partial charge in [0.1, 0.15) is 17.8 Å². The second-order valence-electron chi connectivity index (χ2n) is 6.61. The van der Waals surface area contributed by atoms with Gasteiger partial charge in [-0.15, -0.1) is 0 Å². The molecule has 3 aromatic rings. The fraction of sp³-hybridized carbons (Fsp3) is 0.294. The Morgan fingerprint density at radius 2 is 2.14 bits per heavy atom. The van der Waals surface area contributed by atoms with Crippen LogP contribution >= 0.6 is 0 Å². The summed E-state index contributed by atoms with van der Waals surface area (Å²) in [5, 5.41) is 11.8. The van der Waals surface area contributed by atoms with E-state index >= 15 is 0 Å². The van der Waals surface area contributed by atoms with Gasteiger partial charge in [0.25, 0.3) is 5.69 Å². The molecule has 0 aliphatic carbocycles. The monoisotopic (exact) mass is 402 g/mol. The molecular weight excluding hydrogens is 384 g/mol. The van der Waals surface area contributed by atoms with E-state index in [9.17, 15) is 18.5 Å². The molecule has 28 heavy (non-hydrogen) atoms. The number of sulfonamides is 1. The van der Waals surface area contributed by atoms with Crippen LogP contribution in [0.1, 0.15) is 6.42 Å².